The van der Waals surface area contributed by atoms with E-state index in [9.17, 15) is 13.8 Å². The molecule has 0 saturated carbocycles. The molecule has 3 aliphatic rings. The van der Waals surface area contributed by atoms with Gasteiger partial charge in [0, 0.05) is 24.6 Å². The third-order valence-electron chi connectivity index (χ3n) is 6.80. The summed E-state index contributed by atoms with van der Waals surface area (Å²) in [5.41, 5.74) is 5.09. The molecule has 0 spiro atoms. The quantitative estimate of drug-likeness (QED) is 0.676. The number of nitrogens with one attached hydrogen (secondary N) is 2. The van der Waals surface area contributed by atoms with Gasteiger partial charge >= 0.3 is 6.03 Å². The number of carbonyl (C=O) groups is 2. The molecule has 1 saturated heterocycles. The number of carbonyl (C=O) groups excluding carboxylic acids is 2. The number of hydrogen-bond acceptors (Lipinski definition) is 5. The van der Waals surface area contributed by atoms with Crippen molar-refractivity contribution in [3.05, 3.63) is 39.8 Å². The van der Waals surface area contributed by atoms with Gasteiger partial charge < -0.3 is 10.2 Å². The minimum atomic E-state index is -3.48. The molecule has 2 atom stereocenters. The van der Waals surface area contributed by atoms with Crippen molar-refractivity contribution in [1.29, 1.82) is 5.26 Å². The monoisotopic (exact) mass is 455 g/mol. The fraction of sp³-hybridized carbons (Fsp3) is 0.522. The maximum atomic E-state index is 13.3. The largest absolute Gasteiger partial charge is 0.334 e. The van der Waals surface area contributed by atoms with Crippen molar-refractivity contribution in [1.82, 2.24) is 9.62 Å². The number of rotatable bonds is 4. The van der Waals surface area contributed by atoms with Gasteiger partial charge in [-0.2, -0.15) is 5.26 Å². The van der Waals surface area contributed by atoms with Gasteiger partial charge in [-0.25, -0.2) is 13.7 Å². The molecule has 0 aromatic heterocycles. The van der Waals surface area contributed by atoms with Crippen LogP contribution in [0, 0.1) is 11.5 Å². The summed E-state index contributed by atoms with van der Waals surface area (Å²) in [6, 6.07) is 1.63. The van der Waals surface area contributed by atoms with Crippen molar-refractivity contribution in [2.45, 2.75) is 70.8 Å². The Labute approximate surface area is 189 Å². The lowest BCUT2D eigenvalue weighted by Gasteiger charge is -2.31. The second-order valence-electron chi connectivity index (χ2n) is 8.98. The molecule has 1 aliphatic heterocycles. The van der Waals surface area contributed by atoms with E-state index in [1.54, 1.807) is 17.2 Å². The highest BCUT2D eigenvalue weighted by Crippen LogP contribution is 2.38. The minimum Gasteiger partial charge on any atom is -0.334 e. The highest BCUT2D eigenvalue weighted by Gasteiger charge is 2.36. The summed E-state index contributed by atoms with van der Waals surface area (Å²) in [4.78, 5) is 26.5. The first-order valence-electron chi connectivity index (χ1n) is 11.1. The second-order valence-corrected chi connectivity index (χ2v) is 10.8. The summed E-state index contributed by atoms with van der Waals surface area (Å²) in [6.45, 7) is 3.99. The Morgan fingerprint density at radius 1 is 1.19 bits per heavy atom. The summed E-state index contributed by atoms with van der Waals surface area (Å²) in [5, 5.41) is 13.3. The summed E-state index contributed by atoms with van der Waals surface area (Å²) in [6.07, 6.45) is 10.7. The van der Waals surface area contributed by atoms with Gasteiger partial charge in [0.25, 0.3) is 0 Å². The fourth-order valence-electron chi connectivity index (χ4n) is 5.30. The van der Waals surface area contributed by atoms with Crippen LogP contribution in [-0.2, 0) is 40.4 Å². The van der Waals surface area contributed by atoms with Crippen LogP contribution in [0.5, 0.6) is 0 Å². The fourth-order valence-corrected chi connectivity index (χ4v) is 6.39. The first kappa shape index (κ1) is 22.3. The highest BCUT2D eigenvalue weighted by molar-refractivity contribution is 7.95. The molecule has 4 rings (SSSR count). The number of benzene rings is 1. The zero-order valence-electron chi connectivity index (χ0n) is 18.6. The lowest BCUT2D eigenvalue weighted by molar-refractivity contribution is -0.131. The SMILES string of the molecule is CC(=O)N1CCC[C@@]1(C)/C=C/S(=O)(=NC#N)NC(=O)Nc1c2c(cc3c1CCC3)CCC2. The molecule has 1 fully saturated rings. The number of anilines is 1. The first-order valence-corrected chi connectivity index (χ1v) is 12.7. The van der Waals surface area contributed by atoms with E-state index in [4.69, 9.17) is 5.26 Å². The molecular formula is C23H29N5O3S. The second kappa shape index (κ2) is 8.58. The van der Waals surface area contributed by atoms with Crippen molar-refractivity contribution in [2.75, 3.05) is 11.9 Å². The van der Waals surface area contributed by atoms with Gasteiger partial charge in [-0.05, 0) is 86.6 Å². The third kappa shape index (κ3) is 4.24. The van der Waals surface area contributed by atoms with E-state index >= 15 is 0 Å². The molecule has 1 heterocycles. The average Bonchev–Trinajstić information content (AvgIpc) is 3.46. The van der Waals surface area contributed by atoms with Crippen LogP contribution in [-0.4, -0.2) is 33.1 Å². The number of hydrogen-bond donors (Lipinski definition) is 2. The van der Waals surface area contributed by atoms with Crippen LogP contribution < -0.4 is 10.0 Å². The van der Waals surface area contributed by atoms with Crippen LogP contribution in [0.15, 0.2) is 21.9 Å². The lowest BCUT2D eigenvalue weighted by atomic mass is 9.99. The van der Waals surface area contributed by atoms with E-state index in [0.717, 1.165) is 61.8 Å². The standard InChI is InChI=1S/C23H29N5O3S/c1-16(29)28-12-5-10-23(28,2)11-13-32(31,25-15-24)27-22(30)26-21-19-8-3-6-17(19)14-18-7-4-9-20(18)21/h11,13-14H,3-10,12H2,1-2H3,(H2,25,26,27,30,31)/b13-11+/t23-,32?/m0/s1. The molecule has 8 nitrogen and oxygen atoms in total. The van der Waals surface area contributed by atoms with Crippen molar-refractivity contribution in [3.8, 4) is 6.19 Å². The average molecular weight is 456 g/mol. The van der Waals surface area contributed by atoms with Crippen molar-refractivity contribution in [3.63, 3.8) is 0 Å². The van der Waals surface area contributed by atoms with E-state index in [1.807, 2.05) is 6.92 Å². The Balaban J connectivity index is 1.57. The van der Waals surface area contributed by atoms with Gasteiger partial charge in [0.2, 0.25) is 12.1 Å². The van der Waals surface area contributed by atoms with E-state index in [-0.39, 0.29) is 5.91 Å². The van der Waals surface area contributed by atoms with E-state index in [1.165, 1.54) is 23.5 Å². The summed E-state index contributed by atoms with van der Waals surface area (Å²) in [5.74, 6) is -0.0733. The molecule has 1 aromatic rings. The van der Waals surface area contributed by atoms with Crippen LogP contribution in [0.1, 0.15) is 61.8 Å². The highest BCUT2D eigenvalue weighted by atomic mass is 32.2. The smallest absolute Gasteiger partial charge is 0.331 e. The molecule has 9 heteroatoms. The van der Waals surface area contributed by atoms with Gasteiger partial charge in [0.05, 0.1) is 5.54 Å². The number of nitrogens with zero attached hydrogens (tertiary/aromatic N) is 3. The maximum absolute atomic E-state index is 13.3. The summed E-state index contributed by atoms with van der Waals surface area (Å²) < 4.78 is 19.2. The van der Waals surface area contributed by atoms with Crippen LogP contribution >= 0.6 is 0 Å². The van der Waals surface area contributed by atoms with Crippen molar-refractivity contribution >= 4 is 27.5 Å². The van der Waals surface area contributed by atoms with Gasteiger partial charge in [-0.1, -0.05) is 10.4 Å². The number of fused-ring (bicyclic) bond motifs is 2. The lowest BCUT2D eigenvalue weighted by Crippen LogP contribution is -2.42. The molecule has 2 aliphatic carbocycles. The molecule has 1 aromatic carbocycles. The molecular weight excluding hydrogens is 426 g/mol. The molecule has 0 radical (unpaired) electrons. The molecule has 170 valence electrons. The van der Waals surface area contributed by atoms with Gasteiger partial charge in [-0.15, -0.1) is 0 Å². The molecule has 1 unspecified atom stereocenters. The predicted molar refractivity (Wildman–Crippen MR) is 123 cm³/mol. The van der Waals surface area contributed by atoms with Crippen LogP contribution in [0.25, 0.3) is 0 Å². The Morgan fingerprint density at radius 2 is 1.84 bits per heavy atom. The first-order chi connectivity index (χ1) is 15.2. The number of likely N-dealkylation sites (tertiary alicyclic amines) is 1. The van der Waals surface area contributed by atoms with Gasteiger partial charge in [0.15, 0.2) is 9.92 Å². The van der Waals surface area contributed by atoms with E-state index in [2.05, 4.69) is 20.5 Å². The normalized spacial score (nSPS) is 23.3. The Morgan fingerprint density at radius 3 is 2.44 bits per heavy atom. The van der Waals surface area contributed by atoms with E-state index in [0.29, 0.717) is 13.0 Å². The topological polar surface area (TPSA) is 115 Å². The third-order valence-corrected chi connectivity index (χ3v) is 8.14. The van der Waals surface area contributed by atoms with E-state index < -0.39 is 21.5 Å². The number of nitriles is 1. The Bertz CT molecular complexity index is 1130. The molecule has 2 N–H and O–H groups in total. The van der Waals surface area contributed by atoms with Gasteiger partial charge in [0.1, 0.15) is 0 Å². The van der Waals surface area contributed by atoms with Crippen LogP contribution in [0.3, 0.4) is 0 Å². The maximum Gasteiger partial charge on any atom is 0.331 e. The van der Waals surface area contributed by atoms with Crippen molar-refractivity contribution in [2.24, 2.45) is 4.36 Å². The number of amides is 3. The number of aryl methyl sites for hydroxylation is 2. The Kier molecular flexibility index (Phi) is 5.99. The zero-order chi connectivity index (χ0) is 22.9. The zero-order valence-corrected chi connectivity index (χ0v) is 19.4. The minimum absolute atomic E-state index is 0.0733. The molecule has 32 heavy (non-hydrogen) atoms. The summed E-state index contributed by atoms with van der Waals surface area (Å²) in [7, 11) is -3.48. The van der Waals surface area contributed by atoms with Crippen LogP contribution in [0.4, 0.5) is 10.5 Å². The summed E-state index contributed by atoms with van der Waals surface area (Å²) >= 11 is 0. The Hall–Kier alpha value is -2.86. The van der Waals surface area contributed by atoms with Crippen molar-refractivity contribution < 1.29 is 13.8 Å². The molecule has 0 bridgehead atoms. The predicted octanol–water partition coefficient (Wildman–Crippen LogP) is 3.56. The van der Waals surface area contributed by atoms with Gasteiger partial charge in [-0.3, -0.25) is 4.79 Å². The van der Waals surface area contributed by atoms with Crippen LogP contribution in [0.2, 0.25) is 0 Å². The number of urea groups is 1. The molecule has 3 amide bonds.